The van der Waals surface area contributed by atoms with Crippen LogP contribution in [-0.4, -0.2) is 39.9 Å². The van der Waals surface area contributed by atoms with E-state index in [9.17, 15) is 4.79 Å². The van der Waals surface area contributed by atoms with Gasteiger partial charge in [-0.2, -0.15) is 0 Å². The summed E-state index contributed by atoms with van der Waals surface area (Å²) in [6.45, 7) is 6.61. The second-order valence-electron chi connectivity index (χ2n) is 6.76. The van der Waals surface area contributed by atoms with E-state index in [1.54, 1.807) is 12.4 Å². The van der Waals surface area contributed by atoms with Crippen LogP contribution in [0.2, 0.25) is 0 Å². The smallest absolute Gasteiger partial charge is 0.254 e. The molecule has 1 amide bonds. The number of carbonyl (C=O) groups excluding carboxylic acids is 1. The molecule has 1 atom stereocenters. The van der Waals surface area contributed by atoms with Crippen molar-refractivity contribution < 1.29 is 4.79 Å². The van der Waals surface area contributed by atoms with Crippen molar-refractivity contribution in [1.29, 1.82) is 0 Å². The molecule has 0 radical (unpaired) electrons. The minimum atomic E-state index is 0.108. The number of nitrogens with zero attached hydrogens (tertiary/aromatic N) is 3. The molecule has 0 saturated carbocycles. The van der Waals surface area contributed by atoms with E-state index in [2.05, 4.69) is 28.3 Å². The first kappa shape index (κ1) is 17.5. The van der Waals surface area contributed by atoms with Gasteiger partial charge in [0.05, 0.1) is 0 Å². The molecule has 5 nitrogen and oxygen atoms in total. The Morgan fingerprint density at radius 1 is 1.20 bits per heavy atom. The summed E-state index contributed by atoms with van der Waals surface area (Å²) < 4.78 is 0. The van der Waals surface area contributed by atoms with E-state index in [0.717, 1.165) is 54.6 Å². The molecule has 0 aliphatic carbocycles. The normalized spacial score (nSPS) is 17.8. The highest BCUT2D eigenvalue weighted by molar-refractivity contribution is 5.96. The third kappa shape index (κ3) is 4.23. The summed E-state index contributed by atoms with van der Waals surface area (Å²) in [5.74, 6) is 0.108. The van der Waals surface area contributed by atoms with Crippen LogP contribution in [-0.2, 0) is 6.54 Å². The highest BCUT2D eigenvalue weighted by atomic mass is 16.2. The number of amides is 1. The van der Waals surface area contributed by atoms with Crippen molar-refractivity contribution in [3.63, 3.8) is 0 Å². The summed E-state index contributed by atoms with van der Waals surface area (Å²) in [5.41, 5.74) is 3.98. The third-order valence-corrected chi connectivity index (χ3v) is 5.05. The molecule has 1 aliphatic heterocycles. The summed E-state index contributed by atoms with van der Waals surface area (Å²) in [7, 11) is 0. The molecular formula is C20H26N4O. The molecule has 1 aliphatic rings. The highest BCUT2D eigenvalue weighted by Crippen LogP contribution is 2.22. The average molecular weight is 338 g/mol. The minimum Gasteiger partial charge on any atom is -0.331 e. The number of hydrogen-bond acceptors (Lipinski definition) is 4. The fourth-order valence-corrected chi connectivity index (χ4v) is 3.42. The maximum atomic E-state index is 13.4. The topological polar surface area (TPSA) is 58.1 Å². The maximum absolute atomic E-state index is 13.4. The van der Waals surface area contributed by atoms with Gasteiger partial charge in [0.1, 0.15) is 6.33 Å². The third-order valence-electron chi connectivity index (χ3n) is 5.05. The Kier molecular flexibility index (Phi) is 5.76. The van der Waals surface area contributed by atoms with Gasteiger partial charge in [0, 0.05) is 36.1 Å². The van der Waals surface area contributed by atoms with Crippen molar-refractivity contribution in [3.05, 3.63) is 59.2 Å². The van der Waals surface area contributed by atoms with Crippen LogP contribution < -0.4 is 5.32 Å². The van der Waals surface area contributed by atoms with Crippen molar-refractivity contribution in [2.24, 2.45) is 0 Å². The first-order valence-electron chi connectivity index (χ1n) is 8.98. The van der Waals surface area contributed by atoms with E-state index in [-0.39, 0.29) is 11.9 Å². The van der Waals surface area contributed by atoms with Crippen LogP contribution in [0.25, 0.3) is 0 Å². The van der Waals surface area contributed by atoms with Gasteiger partial charge in [-0.15, -0.1) is 0 Å². The molecule has 1 N–H and O–H groups in total. The van der Waals surface area contributed by atoms with Crippen LogP contribution >= 0.6 is 0 Å². The summed E-state index contributed by atoms with van der Waals surface area (Å²) in [5, 5.41) is 3.43. The van der Waals surface area contributed by atoms with E-state index in [0.29, 0.717) is 6.54 Å². The molecule has 0 spiro atoms. The van der Waals surface area contributed by atoms with Crippen molar-refractivity contribution in [1.82, 2.24) is 20.2 Å². The lowest BCUT2D eigenvalue weighted by atomic mass is 10.00. The molecule has 1 fully saturated rings. The Morgan fingerprint density at radius 2 is 2.00 bits per heavy atom. The SMILES string of the molecule is Cc1cccc(C(=O)N(Cc2cncnc2)C2CCCNCC2)c1C. The lowest BCUT2D eigenvalue weighted by Crippen LogP contribution is -2.40. The molecule has 5 heteroatoms. The van der Waals surface area contributed by atoms with Gasteiger partial charge in [-0.3, -0.25) is 4.79 Å². The molecular weight excluding hydrogens is 312 g/mol. The van der Waals surface area contributed by atoms with Gasteiger partial charge in [0.25, 0.3) is 5.91 Å². The summed E-state index contributed by atoms with van der Waals surface area (Å²) in [6.07, 6.45) is 8.21. The molecule has 2 aromatic rings. The van der Waals surface area contributed by atoms with Crippen molar-refractivity contribution in [3.8, 4) is 0 Å². The second kappa shape index (κ2) is 8.21. The standard InChI is InChI=1S/C20H26N4O/c1-15-5-3-7-19(16(15)2)20(25)24(13-17-11-22-14-23-12-17)18-6-4-9-21-10-8-18/h3,5,7,11-12,14,18,21H,4,6,8-10,13H2,1-2H3. The Morgan fingerprint density at radius 3 is 2.80 bits per heavy atom. The Balaban J connectivity index is 1.91. The molecule has 3 rings (SSSR count). The lowest BCUT2D eigenvalue weighted by molar-refractivity contribution is 0.0644. The molecule has 1 aromatic heterocycles. The number of nitrogens with one attached hydrogen (secondary N) is 1. The van der Waals surface area contributed by atoms with Crippen molar-refractivity contribution in [2.75, 3.05) is 13.1 Å². The fourth-order valence-electron chi connectivity index (χ4n) is 3.42. The van der Waals surface area contributed by atoms with E-state index in [1.807, 2.05) is 24.0 Å². The van der Waals surface area contributed by atoms with E-state index in [4.69, 9.17) is 0 Å². The summed E-state index contributed by atoms with van der Waals surface area (Å²) >= 11 is 0. The number of aromatic nitrogens is 2. The van der Waals surface area contributed by atoms with Crippen LogP contribution in [0.4, 0.5) is 0 Å². The number of benzene rings is 1. The Hall–Kier alpha value is -2.27. The molecule has 1 unspecified atom stereocenters. The van der Waals surface area contributed by atoms with Gasteiger partial charge in [-0.1, -0.05) is 12.1 Å². The number of aryl methyl sites for hydroxylation is 1. The zero-order chi connectivity index (χ0) is 17.6. The van der Waals surface area contributed by atoms with Crippen LogP contribution in [0, 0.1) is 13.8 Å². The van der Waals surface area contributed by atoms with Gasteiger partial charge in [0.15, 0.2) is 0 Å². The number of carbonyl (C=O) groups is 1. The Labute approximate surface area is 149 Å². The number of rotatable bonds is 4. The molecule has 2 heterocycles. The first-order chi connectivity index (χ1) is 12.2. The zero-order valence-corrected chi connectivity index (χ0v) is 15.0. The van der Waals surface area contributed by atoms with Gasteiger partial charge < -0.3 is 10.2 Å². The molecule has 1 aromatic carbocycles. The molecule has 132 valence electrons. The van der Waals surface area contributed by atoms with Gasteiger partial charge >= 0.3 is 0 Å². The summed E-state index contributed by atoms with van der Waals surface area (Å²) in [6, 6.07) is 6.20. The first-order valence-corrected chi connectivity index (χ1v) is 8.98. The molecule has 1 saturated heterocycles. The number of hydrogen-bond donors (Lipinski definition) is 1. The van der Waals surface area contributed by atoms with E-state index < -0.39 is 0 Å². The quantitative estimate of drug-likeness (QED) is 0.931. The fraction of sp³-hybridized carbons (Fsp3) is 0.450. The summed E-state index contributed by atoms with van der Waals surface area (Å²) in [4.78, 5) is 23.6. The van der Waals surface area contributed by atoms with Crippen LogP contribution in [0.3, 0.4) is 0 Å². The maximum Gasteiger partial charge on any atom is 0.254 e. The van der Waals surface area contributed by atoms with E-state index in [1.165, 1.54) is 6.33 Å². The highest BCUT2D eigenvalue weighted by Gasteiger charge is 2.27. The minimum absolute atomic E-state index is 0.108. The molecule has 0 bridgehead atoms. The predicted octanol–water partition coefficient (Wildman–Crippen LogP) is 2.88. The molecule has 25 heavy (non-hydrogen) atoms. The van der Waals surface area contributed by atoms with Gasteiger partial charge in [0.2, 0.25) is 0 Å². The predicted molar refractivity (Wildman–Crippen MR) is 98.3 cm³/mol. The lowest BCUT2D eigenvalue weighted by Gasteiger charge is -2.32. The van der Waals surface area contributed by atoms with Crippen LogP contribution in [0.5, 0.6) is 0 Å². The second-order valence-corrected chi connectivity index (χ2v) is 6.76. The van der Waals surface area contributed by atoms with Crippen molar-refractivity contribution in [2.45, 2.75) is 45.7 Å². The monoisotopic (exact) mass is 338 g/mol. The van der Waals surface area contributed by atoms with Gasteiger partial charge in [-0.05, 0) is 63.4 Å². The zero-order valence-electron chi connectivity index (χ0n) is 15.0. The van der Waals surface area contributed by atoms with Crippen molar-refractivity contribution >= 4 is 5.91 Å². The van der Waals surface area contributed by atoms with E-state index >= 15 is 0 Å². The average Bonchev–Trinajstić information content (AvgIpc) is 2.92. The van der Waals surface area contributed by atoms with Crippen LogP contribution in [0.15, 0.2) is 36.9 Å². The van der Waals surface area contributed by atoms with Gasteiger partial charge in [-0.25, -0.2) is 9.97 Å². The largest absolute Gasteiger partial charge is 0.331 e. The Bertz CT molecular complexity index is 709. The van der Waals surface area contributed by atoms with Crippen LogP contribution in [0.1, 0.15) is 46.3 Å².